The highest BCUT2D eigenvalue weighted by molar-refractivity contribution is 5.93. The van der Waals surface area contributed by atoms with Gasteiger partial charge in [0.05, 0.1) is 0 Å². The van der Waals surface area contributed by atoms with Crippen LogP contribution in [0.15, 0.2) is 48.5 Å². The van der Waals surface area contributed by atoms with Crippen LogP contribution >= 0.6 is 0 Å². The third-order valence-corrected chi connectivity index (χ3v) is 5.84. The lowest BCUT2D eigenvalue weighted by molar-refractivity contribution is -0.192. The zero-order chi connectivity index (χ0) is 23.8. The summed E-state index contributed by atoms with van der Waals surface area (Å²) in [7, 11) is 0. The predicted octanol–water partition coefficient (Wildman–Crippen LogP) is 4.31. The number of carboxylic acids is 2. The molecule has 2 aromatic carbocycles. The lowest BCUT2D eigenvalue weighted by Crippen LogP contribution is -2.35. The Kier molecular flexibility index (Phi) is 6.03. The predicted molar refractivity (Wildman–Crippen MR) is 112 cm³/mol. The fourth-order valence-electron chi connectivity index (χ4n) is 4.48. The van der Waals surface area contributed by atoms with E-state index in [0.29, 0.717) is 12.5 Å². The summed E-state index contributed by atoms with van der Waals surface area (Å²) < 4.78 is 37.9. The number of fused-ring (bicyclic) bond motifs is 6. The van der Waals surface area contributed by atoms with Gasteiger partial charge >= 0.3 is 18.1 Å². The van der Waals surface area contributed by atoms with Crippen LogP contribution in [-0.4, -0.2) is 51.3 Å². The zero-order valence-electron chi connectivity index (χ0n) is 17.3. The zero-order valence-corrected chi connectivity index (χ0v) is 17.3. The van der Waals surface area contributed by atoms with E-state index in [2.05, 4.69) is 9.88 Å². The third kappa shape index (κ3) is 4.51. The van der Waals surface area contributed by atoms with Gasteiger partial charge in [0.15, 0.2) is 0 Å². The van der Waals surface area contributed by atoms with Crippen molar-refractivity contribution in [2.75, 3.05) is 13.1 Å². The monoisotopic (exact) mass is 462 g/mol. The molecule has 0 saturated carbocycles. The van der Waals surface area contributed by atoms with Crippen molar-refractivity contribution in [2.45, 2.75) is 31.2 Å². The largest absolute Gasteiger partial charge is 0.490 e. The molecule has 3 heterocycles. The summed E-state index contributed by atoms with van der Waals surface area (Å²) >= 11 is 0. The number of carbonyl (C=O) groups is 2. The van der Waals surface area contributed by atoms with Crippen LogP contribution in [0.3, 0.4) is 0 Å². The Hall–Kier alpha value is -3.53. The summed E-state index contributed by atoms with van der Waals surface area (Å²) in [6.45, 7) is 2.14. The van der Waals surface area contributed by atoms with Gasteiger partial charge in [-0.2, -0.15) is 13.2 Å². The van der Waals surface area contributed by atoms with Crippen molar-refractivity contribution in [1.29, 1.82) is 0 Å². The summed E-state index contributed by atoms with van der Waals surface area (Å²) in [5.41, 5.74) is 4.05. The van der Waals surface area contributed by atoms with Crippen LogP contribution < -0.4 is 4.74 Å². The number of aliphatic carboxylic acids is 2. The van der Waals surface area contributed by atoms with Crippen molar-refractivity contribution in [3.8, 4) is 5.75 Å². The van der Waals surface area contributed by atoms with Crippen LogP contribution in [0, 0.1) is 0 Å². The van der Waals surface area contributed by atoms with E-state index < -0.39 is 24.2 Å². The number of H-pyrrole nitrogens is 1. The van der Waals surface area contributed by atoms with Gasteiger partial charge in [-0.05, 0) is 36.2 Å². The topological polar surface area (TPSA) is 103 Å². The summed E-state index contributed by atoms with van der Waals surface area (Å²) in [6.07, 6.45) is -4.09. The Morgan fingerprint density at radius 1 is 1.09 bits per heavy atom. The molecule has 1 fully saturated rings. The first-order chi connectivity index (χ1) is 15.7. The number of nitrogens with one attached hydrogen (secondary N) is 1. The molecule has 0 radical (unpaired) electrons. The highest BCUT2D eigenvalue weighted by Crippen LogP contribution is 2.47. The summed E-state index contributed by atoms with van der Waals surface area (Å²) in [6, 6.07) is 15.4. The molecule has 1 saturated heterocycles. The molecule has 3 unspecified atom stereocenters. The SMILES string of the molecule is O=C(O)C(F)(F)F.O=C(O)C1c2[nH]c3cccc(OCc4ccccc4)c3c2C2CCN1C2. The number of hydrogen-bond acceptors (Lipinski definition) is 4. The van der Waals surface area contributed by atoms with Gasteiger partial charge in [0.2, 0.25) is 0 Å². The van der Waals surface area contributed by atoms with Crippen molar-refractivity contribution in [1.82, 2.24) is 9.88 Å². The molecule has 2 aliphatic rings. The molecule has 2 aliphatic heterocycles. The van der Waals surface area contributed by atoms with Gasteiger partial charge in [0.25, 0.3) is 0 Å². The van der Waals surface area contributed by atoms with E-state index in [-0.39, 0.29) is 0 Å². The number of rotatable bonds is 4. The van der Waals surface area contributed by atoms with E-state index in [0.717, 1.165) is 53.0 Å². The third-order valence-electron chi connectivity index (χ3n) is 5.84. The van der Waals surface area contributed by atoms with E-state index in [1.165, 1.54) is 0 Å². The highest BCUT2D eigenvalue weighted by atomic mass is 19.4. The second-order valence-electron chi connectivity index (χ2n) is 7.93. The number of ether oxygens (including phenoxy) is 1. The minimum Gasteiger partial charge on any atom is -0.488 e. The Morgan fingerprint density at radius 2 is 1.79 bits per heavy atom. The maximum absolute atomic E-state index is 11.9. The van der Waals surface area contributed by atoms with Gasteiger partial charge in [-0.1, -0.05) is 36.4 Å². The number of halogens is 3. The normalized spacial score (nSPS) is 21.1. The molecule has 3 atom stereocenters. The second kappa shape index (κ2) is 8.78. The quantitative estimate of drug-likeness (QED) is 0.534. The molecule has 33 heavy (non-hydrogen) atoms. The Balaban J connectivity index is 0.000000325. The van der Waals surface area contributed by atoms with Crippen LogP contribution in [-0.2, 0) is 16.2 Å². The Labute approximate surface area is 186 Å². The average molecular weight is 462 g/mol. The van der Waals surface area contributed by atoms with E-state index in [4.69, 9.17) is 14.6 Å². The second-order valence-corrected chi connectivity index (χ2v) is 7.93. The lowest BCUT2D eigenvalue weighted by atomic mass is 9.90. The molecule has 0 spiro atoms. The fraction of sp³-hybridized carbons (Fsp3) is 0.304. The van der Waals surface area contributed by atoms with Crippen molar-refractivity contribution in [3.63, 3.8) is 0 Å². The Bertz CT molecular complexity index is 1180. The fourth-order valence-corrected chi connectivity index (χ4v) is 4.48. The van der Waals surface area contributed by atoms with Crippen LogP contribution in [0.1, 0.15) is 35.2 Å². The molecule has 0 amide bonds. The van der Waals surface area contributed by atoms with Gasteiger partial charge in [-0.25, -0.2) is 4.79 Å². The van der Waals surface area contributed by atoms with Crippen molar-refractivity contribution < 1.29 is 37.7 Å². The lowest BCUT2D eigenvalue weighted by Gasteiger charge is -2.29. The molecular weight excluding hydrogens is 441 g/mol. The number of aromatic amines is 1. The standard InChI is InChI=1S/C21H20N2O3.C2HF3O2/c24-21(25)20-19-17(14-9-10-23(20)11-14)18-15(22-19)7-4-8-16(18)26-12-13-5-2-1-3-6-13;3-2(4,5)1(6)7/h1-8,14,20,22H,9-12H2,(H,24,25);(H,6,7). The van der Waals surface area contributed by atoms with Crippen molar-refractivity contribution >= 4 is 22.8 Å². The molecule has 7 nitrogen and oxygen atoms in total. The molecule has 174 valence electrons. The number of hydrogen-bond donors (Lipinski definition) is 3. The maximum atomic E-state index is 11.9. The number of benzene rings is 2. The molecule has 10 heteroatoms. The molecule has 0 aliphatic carbocycles. The van der Waals surface area contributed by atoms with Gasteiger partial charge in [0, 0.05) is 29.1 Å². The van der Waals surface area contributed by atoms with Crippen molar-refractivity contribution in [3.05, 3.63) is 65.4 Å². The van der Waals surface area contributed by atoms with Crippen LogP contribution in [0.2, 0.25) is 0 Å². The van der Waals surface area contributed by atoms with Gasteiger partial charge in [0.1, 0.15) is 18.4 Å². The minimum atomic E-state index is -5.08. The van der Waals surface area contributed by atoms with Gasteiger partial charge in [-0.3, -0.25) is 9.69 Å². The van der Waals surface area contributed by atoms with Crippen molar-refractivity contribution in [2.24, 2.45) is 0 Å². The first-order valence-corrected chi connectivity index (χ1v) is 10.2. The van der Waals surface area contributed by atoms with Crippen LogP contribution in [0.4, 0.5) is 13.2 Å². The maximum Gasteiger partial charge on any atom is 0.490 e. The first kappa shape index (κ1) is 22.7. The summed E-state index contributed by atoms with van der Waals surface area (Å²) in [4.78, 5) is 26.2. The average Bonchev–Trinajstić information content (AvgIpc) is 3.35. The molecule has 2 bridgehead atoms. The van der Waals surface area contributed by atoms with Crippen LogP contribution in [0.25, 0.3) is 10.9 Å². The van der Waals surface area contributed by atoms with Crippen LogP contribution in [0.5, 0.6) is 5.75 Å². The first-order valence-electron chi connectivity index (χ1n) is 10.2. The summed E-state index contributed by atoms with van der Waals surface area (Å²) in [5.74, 6) is -2.35. The smallest absolute Gasteiger partial charge is 0.488 e. The number of alkyl halides is 3. The number of carboxylic acid groups (broad SMARTS) is 2. The minimum absolute atomic E-state index is 0.371. The molecule has 3 aromatic rings. The summed E-state index contributed by atoms with van der Waals surface area (Å²) in [5, 5.41) is 17.9. The molecule has 1 aromatic heterocycles. The number of nitrogens with zero attached hydrogens (tertiary/aromatic N) is 1. The van der Waals surface area contributed by atoms with E-state index in [1.54, 1.807) is 0 Å². The highest BCUT2D eigenvalue weighted by Gasteiger charge is 2.44. The molecular formula is C23H21F3N2O5. The molecule has 5 rings (SSSR count). The van der Waals surface area contributed by atoms with E-state index in [1.807, 2.05) is 48.5 Å². The molecule has 3 N–H and O–H groups in total. The number of aromatic nitrogens is 1. The van der Waals surface area contributed by atoms with Gasteiger partial charge in [-0.15, -0.1) is 0 Å². The van der Waals surface area contributed by atoms with Gasteiger partial charge < -0.3 is 19.9 Å². The Morgan fingerprint density at radius 3 is 2.42 bits per heavy atom. The van der Waals surface area contributed by atoms with E-state index in [9.17, 15) is 23.1 Å². The van der Waals surface area contributed by atoms with E-state index >= 15 is 0 Å².